The molecule has 0 radical (unpaired) electrons. The van der Waals surface area contributed by atoms with Crippen LogP contribution in [0, 0.1) is 12.7 Å². The average Bonchev–Trinajstić information content (AvgIpc) is 2.44. The van der Waals surface area contributed by atoms with Crippen LogP contribution in [0.25, 0.3) is 0 Å². The lowest BCUT2D eigenvalue weighted by atomic mass is 10.1. The number of hydrogen-bond acceptors (Lipinski definition) is 1. The van der Waals surface area contributed by atoms with Crippen LogP contribution in [0.4, 0.5) is 4.39 Å². The fourth-order valence-corrected chi connectivity index (χ4v) is 2.59. The van der Waals surface area contributed by atoms with E-state index in [-0.39, 0.29) is 17.8 Å². The van der Waals surface area contributed by atoms with Crippen LogP contribution in [0.3, 0.4) is 0 Å². The van der Waals surface area contributed by atoms with Crippen LogP contribution in [0.15, 0.2) is 46.9 Å². The van der Waals surface area contributed by atoms with Gasteiger partial charge in [0.25, 0.3) is 5.91 Å². The van der Waals surface area contributed by atoms with Crippen LogP contribution < -0.4 is 5.32 Å². The van der Waals surface area contributed by atoms with Gasteiger partial charge in [-0.3, -0.25) is 4.79 Å². The summed E-state index contributed by atoms with van der Waals surface area (Å²) in [5.41, 5.74) is 2.64. The van der Waals surface area contributed by atoms with Crippen molar-refractivity contribution in [3.63, 3.8) is 0 Å². The molecule has 0 aliphatic carbocycles. The van der Waals surface area contributed by atoms with E-state index in [0.29, 0.717) is 12.0 Å². The van der Waals surface area contributed by atoms with Crippen molar-refractivity contribution in [3.05, 3.63) is 69.4 Å². The maximum atomic E-state index is 12.9. The highest BCUT2D eigenvalue weighted by molar-refractivity contribution is 9.10. The van der Waals surface area contributed by atoms with Crippen molar-refractivity contribution in [1.29, 1.82) is 0 Å². The summed E-state index contributed by atoms with van der Waals surface area (Å²) in [6, 6.07) is 11.9. The number of halogens is 2. The third kappa shape index (κ3) is 4.14. The molecule has 0 aromatic heterocycles. The molecule has 0 saturated carbocycles. The van der Waals surface area contributed by atoms with Gasteiger partial charge in [-0.15, -0.1) is 0 Å². The number of carbonyl (C=O) groups is 1. The third-order valence-electron chi connectivity index (χ3n) is 3.27. The summed E-state index contributed by atoms with van der Waals surface area (Å²) >= 11 is 3.44. The number of amides is 1. The van der Waals surface area contributed by atoms with Crippen molar-refractivity contribution < 1.29 is 9.18 Å². The molecule has 0 spiro atoms. The third-order valence-corrected chi connectivity index (χ3v) is 4.32. The molecule has 0 aliphatic rings. The predicted molar refractivity (Wildman–Crippen MR) is 85.9 cm³/mol. The summed E-state index contributed by atoms with van der Waals surface area (Å²) in [5.74, 6) is -0.362. The summed E-state index contributed by atoms with van der Waals surface area (Å²) in [6.45, 7) is 3.88. The highest BCUT2D eigenvalue weighted by Gasteiger charge is 2.14. The Balaban J connectivity index is 2.02. The van der Waals surface area contributed by atoms with Gasteiger partial charge >= 0.3 is 0 Å². The Morgan fingerprint density at radius 2 is 1.90 bits per heavy atom. The molecule has 0 aliphatic heterocycles. The molecule has 1 N–H and O–H groups in total. The molecule has 1 amide bonds. The lowest BCUT2D eigenvalue weighted by molar-refractivity contribution is 0.0939. The van der Waals surface area contributed by atoms with E-state index in [9.17, 15) is 9.18 Å². The van der Waals surface area contributed by atoms with Crippen molar-refractivity contribution >= 4 is 21.8 Å². The molecule has 0 heterocycles. The van der Waals surface area contributed by atoms with E-state index in [1.54, 1.807) is 18.2 Å². The second kappa shape index (κ2) is 6.85. The van der Waals surface area contributed by atoms with Gasteiger partial charge in [0.15, 0.2) is 0 Å². The molecular formula is C17H17BrFNO. The van der Waals surface area contributed by atoms with Crippen LogP contribution in [0.5, 0.6) is 0 Å². The first kappa shape index (κ1) is 15.7. The number of nitrogens with one attached hydrogen (secondary N) is 1. The molecule has 4 heteroatoms. The minimum atomic E-state index is -0.251. The van der Waals surface area contributed by atoms with E-state index in [0.717, 1.165) is 15.6 Å². The first-order valence-electron chi connectivity index (χ1n) is 6.78. The van der Waals surface area contributed by atoms with Gasteiger partial charge in [0, 0.05) is 10.5 Å². The van der Waals surface area contributed by atoms with Gasteiger partial charge < -0.3 is 5.32 Å². The lowest BCUT2D eigenvalue weighted by Crippen LogP contribution is -2.34. The maximum Gasteiger partial charge on any atom is 0.252 e. The predicted octanol–water partition coefficient (Wildman–Crippen LogP) is 4.26. The van der Waals surface area contributed by atoms with Gasteiger partial charge in [-0.25, -0.2) is 4.39 Å². The van der Waals surface area contributed by atoms with Gasteiger partial charge in [0.1, 0.15) is 5.82 Å². The monoisotopic (exact) mass is 349 g/mol. The Morgan fingerprint density at radius 3 is 2.57 bits per heavy atom. The number of aryl methyl sites for hydroxylation is 1. The van der Waals surface area contributed by atoms with Gasteiger partial charge in [0.2, 0.25) is 0 Å². The maximum absolute atomic E-state index is 12.9. The lowest BCUT2D eigenvalue weighted by Gasteiger charge is -2.15. The standard InChI is InChI=1S/C17H17BrFNO/c1-11-4-3-5-15(16(11)18)17(21)20-12(2)10-13-6-8-14(19)9-7-13/h3-9,12H,10H2,1-2H3,(H,20,21). The molecule has 0 fully saturated rings. The molecule has 1 unspecified atom stereocenters. The number of hydrogen-bond donors (Lipinski definition) is 1. The molecule has 0 saturated heterocycles. The van der Waals surface area contributed by atoms with Crippen LogP contribution in [0.2, 0.25) is 0 Å². The highest BCUT2D eigenvalue weighted by atomic mass is 79.9. The number of benzene rings is 2. The number of rotatable bonds is 4. The fourth-order valence-electron chi connectivity index (χ4n) is 2.15. The van der Waals surface area contributed by atoms with E-state index < -0.39 is 0 Å². The first-order chi connectivity index (χ1) is 9.97. The molecule has 1 atom stereocenters. The van der Waals surface area contributed by atoms with Crippen LogP contribution in [-0.2, 0) is 6.42 Å². The average molecular weight is 350 g/mol. The van der Waals surface area contributed by atoms with Crippen LogP contribution in [-0.4, -0.2) is 11.9 Å². The highest BCUT2D eigenvalue weighted by Crippen LogP contribution is 2.21. The first-order valence-corrected chi connectivity index (χ1v) is 7.57. The van der Waals surface area contributed by atoms with Crippen LogP contribution >= 0.6 is 15.9 Å². The Hall–Kier alpha value is -1.68. The second-order valence-electron chi connectivity index (χ2n) is 5.14. The van der Waals surface area contributed by atoms with Gasteiger partial charge in [-0.1, -0.05) is 24.3 Å². The summed E-state index contributed by atoms with van der Waals surface area (Å²) in [5, 5.41) is 2.96. The minimum absolute atomic E-state index is 0.0321. The quantitative estimate of drug-likeness (QED) is 0.877. The van der Waals surface area contributed by atoms with Crippen molar-refractivity contribution in [2.45, 2.75) is 26.3 Å². The largest absolute Gasteiger partial charge is 0.349 e. The van der Waals surface area contributed by atoms with E-state index in [1.165, 1.54) is 12.1 Å². The molecule has 21 heavy (non-hydrogen) atoms. The zero-order chi connectivity index (χ0) is 15.4. The molecule has 2 aromatic rings. The minimum Gasteiger partial charge on any atom is -0.349 e. The zero-order valence-electron chi connectivity index (χ0n) is 12.0. The normalized spacial score (nSPS) is 12.0. The zero-order valence-corrected chi connectivity index (χ0v) is 13.6. The molecule has 0 bridgehead atoms. The van der Waals surface area contributed by atoms with Gasteiger partial charge in [0.05, 0.1) is 5.56 Å². The molecule has 2 rings (SSSR count). The van der Waals surface area contributed by atoms with Crippen molar-refractivity contribution in [2.24, 2.45) is 0 Å². The van der Waals surface area contributed by atoms with E-state index in [1.807, 2.05) is 26.0 Å². The Bertz CT molecular complexity index is 640. The molecule has 110 valence electrons. The van der Waals surface area contributed by atoms with Gasteiger partial charge in [-0.05, 0) is 65.5 Å². The Morgan fingerprint density at radius 1 is 1.24 bits per heavy atom. The SMILES string of the molecule is Cc1cccc(C(=O)NC(C)Cc2ccc(F)cc2)c1Br. The van der Waals surface area contributed by atoms with Crippen LogP contribution in [0.1, 0.15) is 28.4 Å². The summed E-state index contributed by atoms with van der Waals surface area (Å²) in [4.78, 5) is 12.3. The summed E-state index contributed by atoms with van der Waals surface area (Å²) < 4.78 is 13.7. The summed E-state index contributed by atoms with van der Waals surface area (Å²) in [7, 11) is 0. The van der Waals surface area contributed by atoms with Crippen molar-refractivity contribution in [1.82, 2.24) is 5.32 Å². The Labute approximate surface area is 132 Å². The van der Waals surface area contributed by atoms with E-state index >= 15 is 0 Å². The topological polar surface area (TPSA) is 29.1 Å². The smallest absolute Gasteiger partial charge is 0.252 e. The molecular weight excluding hydrogens is 333 g/mol. The molecule has 2 aromatic carbocycles. The van der Waals surface area contributed by atoms with E-state index in [4.69, 9.17) is 0 Å². The number of carbonyl (C=O) groups excluding carboxylic acids is 1. The summed E-state index contributed by atoms with van der Waals surface area (Å²) in [6.07, 6.45) is 0.662. The molecule has 2 nitrogen and oxygen atoms in total. The van der Waals surface area contributed by atoms with E-state index in [2.05, 4.69) is 21.2 Å². The van der Waals surface area contributed by atoms with Crippen molar-refractivity contribution in [3.8, 4) is 0 Å². The fraction of sp³-hybridized carbons (Fsp3) is 0.235. The second-order valence-corrected chi connectivity index (χ2v) is 5.93. The van der Waals surface area contributed by atoms with Gasteiger partial charge in [-0.2, -0.15) is 0 Å². The Kier molecular flexibility index (Phi) is 5.12. The van der Waals surface area contributed by atoms with Crippen molar-refractivity contribution in [2.75, 3.05) is 0 Å².